The van der Waals surface area contributed by atoms with Crippen molar-refractivity contribution in [2.45, 2.75) is 57.5 Å². The summed E-state index contributed by atoms with van der Waals surface area (Å²) < 4.78 is 6.71. The fourth-order valence-corrected chi connectivity index (χ4v) is 6.02. The van der Waals surface area contributed by atoms with E-state index in [0.29, 0.717) is 11.3 Å². The molecule has 0 atom stereocenters. The Kier molecular flexibility index (Phi) is 3.82. The van der Waals surface area contributed by atoms with E-state index in [2.05, 4.69) is 15.6 Å². The van der Waals surface area contributed by atoms with Gasteiger partial charge in [0, 0.05) is 5.54 Å². The third kappa shape index (κ3) is 2.89. The minimum absolute atomic E-state index is 0.111. The van der Waals surface area contributed by atoms with Crippen molar-refractivity contribution in [2.24, 2.45) is 17.8 Å². The van der Waals surface area contributed by atoms with E-state index in [0.717, 1.165) is 37.0 Å². The summed E-state index contributed by atoms with van der Waals surface area (Å²) in [6.45, 7) is 1.94. The molecule has 1 amide bonds. The molecule has 2 aromatic heterocycles. The lowest BCUT2D eigenvalue weighted by Crippen LogP contribution is -2.60. The van der Waals surface area contributed by atoms with E-state index in [-0.39, 0.29) is 29.5 Å². The van der Waals surface area contributed by atoms with Gasteiger partial charge in [-0.2, -0.15) is 4.68 Å². The predicted molar refractivity (Wildman–Crippen MR) is 97.6 cm³/mol. The molecule has 0 spiro atoms. The Morgan fingerprint density at radius 3 is 2.54 bits per heavy atom. The second-order valence-electron chi connectivity index (χ2n) is 8.85. The molecule has 9 heteroatoms. The van der Waals surface area contributed by atoms with Crippen LogP contribution in [0.1, 0.15) is 60.3 Å². The van der Waals surface area contributed by atoms with Gasteiger partial charge in [-0.05, 0) is 68.1 Å². The second kappa shape index (κ2) is 6.15. The fraction of sp³-hybridized carbons (Fsp3) is 0.632. The number of carbonyl (C=O) groups is 1. The molecule has 0 saturated heterocycles. The quantitative estimate of drug-likeness (QED) is 0.625. The normalized spacial score (nSPS) is 30.5. The molecule has 2 heterocycles. The van der Waals surface area contributed by atoms with Gasteiger partial charge in [0.1, 0.15) is 5.76 Å². The third-order valence-electron chi connectivity index (χ3n) is 6.75. The van der Waals surface area contributed by atoms with Crippen LogP contribution in [0, 0.1) is 34.8 Å². The van der Waals surface area contributed by atoms with Gasteiger partial charge in [0.25, 0.3) is 5.91 Å². The van der Waals surface area contributed by atoms with Gasteiger partial charge in [0.05, 0.1) is 29.5 Å². The number of rotatable bonds is 5. The molecular weight excluding hydrogens is 362 g/mol. The number of aryl methyl sites for hydroxylation is 1. The first-order chi connectivity index (χ1) is 13.4. The zero-order valence-electron chi connectivity index (χ0n) is 15.8. The first-order valence-electron chi connectivity index (χ1n) is 9.86. The molecule has 148 valence electrons. The molecule has 9 nitrogen and oxygen atoms in total. The first-order valence-corrected chi connectivity index (χ1v) is 9.86. The summed E-state index contributed by atoms with van der Waals surface area (Å²) in [6, 6.07) is 1.33. The summed E-state index contributed by atoms with van der Waals surface area (Å²) in [5, 5.41) is 22.1. The standard InChI is InChI=1S/C19H23N5O4/c1-11-15(10-23-3-2-16(21-23)24(26)27)17(22-28-11)18(25)20-19-7-12-4-13(8-19)6-14(5-12)9-19/h2-3,12-14H,4-10H2,1H3,(H,20,25). The number of aromatic nitrogens is 3. The molecule has 0 unspecified atom stereocenters. The summed E-state index contributed by atoms with van der Waals surface area (Å²) in [5.74, 6) is 2.28. The van der Waals surface area contributed by atoms with E-state index in [9.17, 15) is 14.9 Å². The molecule has 4 aliphatic carbocycles. The average Bonchev–Trinajstić information content (AvgIpc) is 3.21. The van der Waals surface area contributed by atoms with Crippen molar-refractivity contribution in [3.05, 3.63) is 39.4 Å². The SMILES string of the molecule is Cc1onc(C(=O)NC23CC4CC(CC(C4)C2)C3)c1Cn1ccc([N+](=O)[O-])n1. The number of nitrogens with zero attached hydrogens (tertiary/aromatic N) is 4. The zero-order valence-corrected chi connectivity index (χ0v) is 15.8. The van der Waals surface area contributed by atoms with Gasteiger partial charge >= 0.3 is 5.82 Å². The van der Waals surface area contributed by atoms with Gasteiger partial charge in [-0.15, -0.1) is 0 Å². The minimum Gasteiger partial charge on any atom is -0.361 e. The van der Waals surface area contributed by atoms with Crippen LogP contribution in [0.5, 0.6) is 0 Å². The number of nitrogens with one attached hydrogen (secondary N) is 1. The number of hydrogen-bond donors (Lipinski definition) is 1. The highest BCUT2D eigenvalue weighted by atomic mass is 16.6. The summed E-state index contributed by atoms with van der Waals surface area (Å²) >= 11 is 0. The van der Waals surface area contributed by atoms with E-state index in [1.54, 1.807) is 6.92 Å². The highest BCUT2D eigenvalue weighted by Gasteiger charge is 2.51. The van der Waals surface area contributed by atoms with Gasteiger partial charge in [-0.1, -0.05) is 5.16 Å². The Bertz CT molecular complexity index is 911. The number of amides is 1. The number of carbonyl (C=O) groups excluding carboxylic acids is 1. The van der Waals surface area contributed by atoms with Crippen molar-refractivity contribution in [3.63, 3.8) is 0 Å². The highest BCUT2D eigenvalue weighted by Crippen LogP contribution is 2.55. The van der Waals surface area contributed by atoms with Crippen molar-refractivity contribution in [1.82, 2.24) is 20.3 Å². The Hall–Kier alpha value is -2.71. The van der Waals surface area contributed by atoms with Crippen molar-refractivity contribution >= 4 is 11.7 Å². The number of nitro groups is 1. The lowest BCUT2D eigenvalue weighted by Gasteiger charge is -2.56. The molecule has 28 heavy (non-hydrogen) atoms. The topological polar surface area (TPSA) is 116 Å². The molecule has 4 aliphatic rings. The van der Waals surface area contributed by atoms with E-state index >= 15 is 0 Å². The van der Waals surface area contributed by atoms with Crippen LogP contribution >= 0.6 is 0 Å². The molecule has 0 aliphatic heterocycles. The molecule has 1 N–H and O–H groups in total. The molecule has 4 saturated carbocycles. The zero-order chi connectivity index (χ0) is 19.5. The predicted octanol–water partition coefficient (Wildman–Crippen LogP) is 2.83. The van der Waals surface area contributed by atoms with Gasteiger partial charge in [-0.3, -0.25) is 4.79 Å². The van der Waals surface area contributed by atoms with Gasteiger partial charge in [0.15, 0.2) is 5.69 Å². The number of hydrogen-bond acceptors (Lipinski definition) is 6. The Morgan fingerprint density at radius 1 is 1.32 bits per heavy atom. The highest BCUT2D eigenvalue weighted by molar-refractivity contribution is 5.94. The Balaban J connectivity index is 1.36. The van der Waals surface area contributed by atoms with E-state index in [4.69, 9.17) is 4.52 Å². The van der Waals surface area contributed by atoms with Crippen molar-refractivity contribution in [1.29, 1.82) is 0 Å². The van der Waals surface area contributed by atoms with E-state index in [1.807, 2.05) is 0 Å². The van der Waals surface area contributed by atoms with Gasteiger partial charge < -0.3 is 20.0 Å². The molecule has 0 radical (unpaired) electrons. The largest absolute Gasteiger partial charge is 0.389 e. The third-order valence-corrected chi connectivity index (χ3v) is 6.75. The van der Waals surface area contributed by atoms with Crippen LogP contribution in [0.15, 0.2) is 16.8 Å². The van der Waals surface area contributed by atoms with Crippen LogP contribution in [0.3, 0.4) is 0 Å². The van der Waals surface area contributed by atoms with E-state index < -0.39 is 4.92 Å². The molecule has 6 rings (SSSR count). The molecule has 0 aromatic carbocycles. The molecular formula is C19H23N5O4. The molecule has 4 bridgehead atoms. The average molecular weight is 385 g/mol. The maximum atomic E-state index is 13.1. The lowest BCUT2D eigenvalue weighted by molar-refractivity contribution is -0.389. The summed E-state index contributed by atoms with van der Waals surface area (Å²) in [6.07, 6.45) is 8.61. The van der Waals surface area contributed by atoms with Crippen LogP contribution in [0.2, 0.25) is 0 Å². The fourth-order valence-electron chi connectivity index (χ4n) is 6.02. The minimum atomic E-state index is -0.544. The van der Waals surface area contributed by atoms with Crippen LogP contribution in [0.25, 0.3) is 0 Å². The van der Waals surface area contributed by atoms with Crippen molar-refractivity contribution < 1.29 is 14.2 Å². The summed E-state index contributed by atoms with van der Waals surface area (Å²) in [4.78, 5) is 23.4. The van der Waals surface area contributed by atoms with Crippen LogP contribution in [-0.4, -0.2) is 31.3 Å². The van der Waals surface area contributed by atoms with Crippen molar-refractivity contribution in [2.75, 3.05) is 0 Å². The maximum absolute atomic E-state index is 13.1. The van der Waals surface area contributed by atoms with Gasteiger partial charge in [0.2, 0.25) is 0 Å². The van der Waals surface area contributed by atoms with Crippen LogP contribution < -0.4 is 5.32 Å². The van der Waals surface area contributed by atoms with Crippen LogP contribution in [-0.2, 0) is 6.54 Å². The van der Waals surface area contributed by atoms with Crippen LogP contribution in [0.4, 0.5) is 5.82 Å². The second-order valence-corrected chi connectivity index (χ2v) is 8.85. The van der Waals surface area contributed by atoms with E-state index in [1.165, 1.54) is 36.2 Å². The molecule has 2 aromatic rings. The van der Waals surface area contributed by atoms with Crippen molar-refractivity contribution in [3.8, 4) is 0 Å². The Labute approximate surface area is 161 Å². The monoisotopic (exact) mass is 385 g/mol. The maximum Gasteiger partial charge on any atom is 0.389 e. The smallest absolute Gasteiger partial charge is 0.361 e. The lowest BCUT2D eigenvalue weighted by atomic mass is 9.53. The van der Waals surface area contributed by atoms with Gasteiger partial charge in [-0.25, -0.2) is 0 Å². The summed E-state index contributed by atoms with van der Waals surface area (Å²) in [7, 11) is 0. The first kappa shape index (κ1) is 17.4. The Morgan fingerprint density at radius 2 is 1.96 bits per heavy atom. The summed E-state index contributed by atoms with van der Waals surface area (Å²) in [5.41, 5.74) is 0.757. The molecule has 4 fully saturated rings.